The zero-order valence-electron chi connectivity index (χ0n) is 19.1. The molecule has 0 saturated heterocycles. The fraction of sp³-hybridized carbons (Fsp3) is 0.214. The largest absolute Gasteiger partial charge is 0.496 e. The number of Topliss-reactive ketones (excluding diaryl/α,β-unsaturated/α-hetero) is 1. The van der Waals surface area contributed by atoms with Crippen LogP contribution in [0.1, 0.15) is 42.0 Å². The monoisotopic (exact) mass is 470 g/mol. The summed E-state index contributed by atoms with van der Waals surface area (Å²) in [4.78, 5) is 28.5. The van der Waals surface area contributed by atoms with Crippen molar-refractivity contribution in [3.63, 3.8) is 0 Å². The average Bonchev–Trinajstić information content (AvgIpc) is 3.39. The van der Waals surface area contributed by atoms with Crippen molar-refractivity contribution in [2.45, 2.75) is 31.6 Å². The maximum absolute atomic E-state index is 13.7. The normalized spacial score (nSPS) is 20.0. The molecule has 3 aromatic rings. The Bertz CT molecular complexity index is 1290. The lowest BCUT2D eigenvalue weighted by atomic mass is 9.72. The van der Waals surface area contributed by atoms with Gasteiger partial charge in [-0.2, -0.15) is 0 Å². The van der Waals surface area contributed by atoms with Gasteiger partial charge in [-0.25, -0.2) is 0 Å². The van der Waals surface area contributed by atoms with Crippen molar-refractivity contribution >= 4 is 28.7 Å². The molecule has 2 aromatic carbocycles. The summed E-state index contributed by atoms with van der Waals surface area (Å²) in [5.74, 6) is 0.136. The minimum absolute atomic E-state index is 0.0700. The van der Waals surface area contributed by atoms with Crippen LogP contribution in [0.3, 0.4) is 0 Å². The number of carbonyl (C=O) groups excluding carboxylic acids is 2. The SMILES string of the molecule is COc1ccccc1[C@H]1C(C(=O)Nc2ccccc2)=C(C)NC2=C1C(=O)C[C@H](c1cccs1)C2. The number of ether oxygens (including phenoxy) is 1. The van der Waals surface area contributed by atoms with Crippen LogP contribution in [0.5, 0.6) is 5.75 Å². The minimum Gasteiger partial charge on any atom is -0.496 e. The van der Waals surface area contributed by atoms with Gasteiger partial charge in [0, 0.05) is 51.0 Å². The summed E-state index contributed by atoms with van der Waals surface area (Å²) in [5, 5.41) is 8.50. The lowest BCUT2D eigenvalue weighted by molar-refractivity contribution is -0.116. The number of anilines is 1. The molecule has 0 spiro atoms. The molecular weight excluding hydrogens is 444 g/mol. The molecule has 6 heteroatoms. The zero-order chi connectivity index (χ0) is 23.7. The Balaban J connectivity index is 1.60. The summed E-state index contributed by atoms with van der Waals surface area (Å²) in [6.45, 7) is 1.91. The topological polar surface area (TPSA) is 67.4 Å². The van der Waals surface area contributed by atoms with Gasteiger partial charge in [0.2, 0.25) is 0 Å². The Hall–Kier alpha value is -3.64. The number of amides is 1. The third-order valence-corrected chi connectivity index (χ3v) is 7.53. The first-order valence-electron chi connectivity index (χ1n) is 11.3. The number of ketones is 1. The number of dihydropyridines is 1. The van der Waals surface area contributed by atoms with Crippen LogP contribution in [0.4, 0.5) is 5.69 Å². The molecular formula is C28H26N2O3S. The second kappa shape index (κ2) is 9.31. The highest BCUT2D eigenvalue weighted by atomic mass is 32.1. The van der Waals surface area contributed by atoms with Gasteiger partial charge in [-0.15, -0.1) is 11.3 Å². The maximum atomic E-state index is 13.7. The van der Waals surface area contributed by atoms with Crippen LogP contribution in [0.25, 0.3) is 0 Å². The number of thiophene rings is 1. The van der Waals surface area contributed by atoms with E-state index in [1.54, 1.807) is 18.4 Å². The van der Waals surface area contributed by atoms with Gasteiger partial charge in [-0.1, -0.05) is 42.5 Å². The lowest BCUT2D eigenvalue weighted by Gasteiger charge is -2.37. The highest BCUT2D eigenvalue weighted by Gasteiger charge is 2.42. The van der Waals surface area contributed by atoms with Crippen molar-refractivity contribution in [3.8, 4) is 5.75 Å². The van der Waals surface area contributed by atoms with Crippen molar-refractivity contribution in [3.05, 3.63) is 105 Å². The molecule has 0 saturated carbocycles. The van der Waals surface area contributed by atoms with Gasteiger partial charge < -0.3 is 15.4 Å². The van der Waals surface area contributed by atoms with E-state index in [1.807, 2.05) is 73.0 Å². The van der Waals surface area contributed by atoms with Gasteiger partial charge in [0.05, 0.1) is 13.0 Å². The Kier molecular flexibility index (Phi) is 6.07. The quantitative estimate of drug-likeness (QED) is 0.498. The van der Waals surface area contributed by atoms with Gasteiger partial charge in [0.15, 0.2) is 5.78 Å². The summed E-state index contributed by atoms with van der Waals surface area (Å²) in [7, 11) is 1.62. The van der Waals surface area contributed by atoms with E-state index in [0.29, 0.717) is 29.0 Å². The van der Waals surface area contributed by atoms with Gasteiger partial charge >= 0.3 is 0 Å². The van der Waals surface area contributed by atoms with E-state index in [4.69, 9.17) is 4.74 Å². The molecule has 172 valence electrons. The zero-order valence-corrected chi connectivity index (χ0v) is 19.9. The molecule has 1 aromatic heterocycles. The number of para-hydroxylation sites is 2. The predicted molar refractivity (Wildman–Crippen MR) is 135 cm³/mol. The molecule has 34 heavy (non-hydrogen) atoms. The summed E-state index contributed by atoms with van der Waals surface area (Å²) < 4.78 is 5.67. The third kappa shape index (κ3) is 4.05. The molecule has 0 bridgehead atoms. The molecule has 2 aliphatic rings. The smallest absolute Gasteiger partial charge is 0.254 e. The van der Waals surface area contributed by atoms with Crippen LogP contribution in [-0.4, -0.2) is 18.8 Å². The third-order valence-electron chi connectivity index (χ3n) is 6.50. The van der Waals surface area contributed by atoms with Crippen molar-refractivity contribution in [1.29, 1.82) is 0 Å². The van der Waals surface area contributed by atoms with E-state index in [-0.39, 0.29) is 17.6 Å². The molecule has 1 aliphatic heterocycles. The number of hydrogen-bond acceptors (Lipinski definition) is 5. The Labute approximate surface area is 203 Å². The number of allylic oxidation sites excluding steroid dienone is 3. The number of methoxy groups -OCH3 is 1. The van der Waals surface area contributed by atoms with E-state index in [9.17, 15) is 9.59 Å². The van der Waals surface area contributed by atoms with E-state index >= 15 is 0 Å². The van der Waals surface area contributed by atoms with E-state index in [1.165, 1.54) is 4.88 Å². The fourth-order valence-electron chi connectivity index (χ4n) is 5.00. The number of benzene rings is 2. The molecule has 2 N–H and O–H groups in total. The standard InChI is InChI=1S/C28H26N2O3S/c1-17-25(28(32)30-19-9-4-3-5-10-19)26(20-11-6-7-12-23(20)33-2)27-21(29-17)15-18(16-22(27)31)24-13-8-14-34-24/h3-14,18,26,29H,15-16H2,1-2H3,(H,30,32)/t18-,26+/m1/s1. The summed E-state index contributed by atoms with van der Waals surface area (Å²) in [5.41, 5.74) is 4.39. The highest BCUT2D eigenvalue weighted by Crippen LogP contribution is 2.48. The van der Waals surface area contributed by atoms with Gasteiger partial charge in [-0.3, -0.25) is 9.59 Å². The van der Waals surface area contributed by atoms with E-state index in [0.717, 1.165) is 23.4 Å². The highest BCUT2D eigenvalue weighted by molar-refractivity contribution is 7.10. The number of rotatable bonds is 5. The molecule has 1 aliphatic carbocycles. The molecule has 2 atom stereocenters. The van der Waals surface area contributed by atoms with E-state index < -0.39 is 5.92 Å². The maximum Gasteiger partial charge on any atom is 0.254 e. The van der Waals surface area contributed by atoms with Crippen LogP contribution in [0.2, 0.25) is 0 Å². The molecule has 0 radical (unpaired) electrons. The molecule has 0 unspecified atom stereocenters. The van der Waals surface area contributed by atoms with Crippen molar-refractivity contribution < 1.29 is 14.3 Å². The summed E-state index contributed by atoms with van der Waals surface area (Å²) >= 11 is 1.68. The molecule has 1 amide bonds. The Morgan fingerprint density at radius 2 is 1.79 bits per heavy atom. The Morgan fingerprint density at radius 3 is 2.53 bits per heavy atom. The lowest BCUT2D eigenvalue weighted by Crippen LogP contribution is -2.37. The number of carbonyl (C=O) groups is 2. The van der Waals surface area contributed by atoms with Crippen LogP contribution in [0.15, 0.2) is 94.7 Å². The number of hydrogen-bond donors (Lipinski definition) is 2. The minimum atomic E-state index is -0.507. The first-order valence-corrected chi connectivity index (χ1v) is 12.2. The average molecular weight is 471 g/mol. The second-order valence-electron chi connectivity index (χ2n) is 8.59. The Morgan fingerprint density at radius 1 is 1.03 bits per heavy atom. The van der Waals surface area contributed by atoms with Gasteiger partial charge in [-0.05, 0) is 43.0 Å². The summed E-state index contributed by atoms with van der Waals surface area (Å²) in [6, 6.07) is 21.1. The first-order chi connectivity index (χ1) is 16.6. The van der Waals surface area contributed by atoms with Crippen molar-refractivity contribution in [1.82, 2.24) is 5.32 Å². The van der Waals surface area contributed by atoms with Crippen LogP contribution in [0, 0.1) is 0 Å². The molecule has 5 rings (SSSR count). The fourth-order valence-corrected chi connectivity index (χ4v) is 5.83. The first kappa shape index (κ1) is 22.2. The van der Waals surface area contributed by atoms with Crippen LogP contribution in [-0.2, 0) is 9.59 Å². The molecule has 5 nitrogen and oxygen atoms in total. The van der Waals surface area contributed by atoms with Crippen molar-refractivity contribution in [2.75, 3.05) is 12.4 Å². The van der Waals surface area contributed by atoms with Crippen LogP contribution < -0.4 is 15.4 Å². The van der Waals surface area contributed by atoms with Crippen molar-refractivity contribution in [2.24, 2.45) is 0 Å². The summed E-state index contributed by atoms with van der Waals surface area (Å²) in [6.07, 6.45) is 1.16. The van der Waals surface area contributed by atoms with Gasteiger partial charge in [0.1, 0.15) is 5.75 Å². The second-order valence-corrected chi connectivity index (χ2v) is 9.57. The molecule has 0 fully saturated rings. The molecule has 2 heterocycles. The van der Waals surface area contributed by atoms with Gasteiger partial charge in [0.25, 0.3) is 5.91 Å². The predicted octanol–water partition coefficient (Wildman–Crippen LogP) is 5.76. The van der Waals surface area contributed by atoms with E-state index in [2.05, 4.69) is 16.7 Å². The van der Waals surface area contributed by atoms with Crippen LogP contribution >= 0.6 is 11.3 Å². The number of nitrogens with one attached hydrogen (secondary N) is 2.